The Morgan fingerprint density at radius 1 is 1.04 bits per heavy atom. The Morgan fingerprint density at radius 3 is 2.46 bits per heavy atom. The van der Waals surface area contributed by atoms with Gasteiger partial charge in [0.15, 0.2) is 0 Å². The molecule has 1 aliphatic rings. The van der Waals surface area contributed by atoms with Gasteiger partial charge in [-0.05, 0) is 25.0 Å². The van der Waals surface area contributed by atoms with E-state index in [1.165, 1.54) is 44.1 Å². The number of hydrogen-bond acceptors (Lipinski definition) is 8. The number of piperidine rings is 1. The Morgan fingerprint density at radius 2 is 1.79 bits per heavy atom. The van der Waals surface area contributed by atoms with Gasteiger partial charge in [0, 0.05) is 25.0 Å². The van der Waals surface area contributed by atoms with Gasteiger partial charge in [-0.15, -0.1) is 0 Å². The summed E-state index contributed by atoms with van der Waals surface area (Å²) in [6, 6.07) is 4.64. The van der Waals surface area contributed by atoms with E-state index in [9.17, 15) is 8.42 Å². The molecule has 0 amide bonds. The highest BCUT2D eigenvalue weighted by molar-refractivity contribution is 7.89. The molecule has 0 aliphatic carbocycles. The lowest BCUT2D eigenvalue weighted by atomic mass is 10.1. The third kappa shape index (κ3) is 4.12. The quantitative estimate of drug-likeness (QED) is 0.682. The van der Waals surface area contributed by atoms with Gasteiger partial charge in [-0.2, -0.15) is 4.31 Å². The first kappa shape index (κ1) is 20.2. The first-order chi connectivity index (χ1) is 13.5. The highest BCUT2D eigenvalue weighted by Crippen LogP contribution is 2.32. The predicted molar refractivity (Wildman–Crippen MR) is 101 cm³/mol. The topological polar surface area (TPSA) is 100 Å². The average molecular weight is 409 g/mol. The second-order valence-electron chi connectivity index (χ2n) is 6.13. The van der Waals surface area contributed by atoms with Crippen molar-refractivity contribution in [3.8, 4) is 23.3 Å². The van der Waals surface area contributed by atoms with E-state index in [0.717, 1.165) is 0 Å². The summed E-state index contributed by atoms with van der Waals surface area (Å²) in [6.07, 6.45) is 3.99. The molecule has 0 bridgehead atoms. The Kier molecular flexibility index (Phi) is 6.20. The standard InChI is InChI=1S/C18H23N3O6S/c1-24-13-6-7-16(15(11-13)25-2)28(22,23)21-10-4-5-14(12-21)27-18-17(26-3)19-8-9-20-18/h6-9,11,14H,4-5,10,12H2,1-3H3. The molecular weight excluding hydrogens is 386 g/mol. The highest BCUT2D eigenvalue weighted by Gasteiger charge is 2.33. The van der Waals surface area contributed by atoms with Crippen molar-refractivity contribution in [3.05, 3.63) is 30.6 Å². The van der Waals surface area contributed by atoms with Crippen LogP contribution < -0.4 is 18.9 Å². The lowest BCUT2D eigenvalue weighted by Gasteiger charge is -2.32. The molecule has 0 radical (unpaired) electrons. The Balaban J connectivity index is 1.81. The van der Waals surface area contributed by atoms with Crippen LogP contribution in [0.2, 0.25) is 0 Å². The van der Waals surface area contributed by atoms with Crippen LogP contribution in [0.3, 0.4) is 0 Å². The molecule has 3 rings (SSSR count). The zero-order chi connectivity index (χ0) is 20.1. The number of benzene rings is 1. The fourth-order valence-corrected chi connectivity index (χ4v) is 4.68. The van der Waals surface area contributed by atoms with Crippen LogP contribution in [0.1, 0.15) is 12.8 Å². The molecule has 1 atom stereocenters. The lowest BCUT2D eigenvalue weighted by Crippen LogP contribution is -2.44. The second-order valence-corrected chi connectivity index (χ2v) is 8.04. The monoisotopic (exact) mass is 409 g/mol. The van der Waals surface area contributed by atoms with Crippen molar-refractivity contribution in [1.29, 1.82) is 0 Å². The molecule has 10 heteroatoms. The molecule has 0 N–H and O–H groups in total. The van der Waals surface area contributed by atoms with Crippen LogP contribution in [0.15, 0.2) is 35.5 Å². The van der Waals surface area contributed by atoms with Crippen LogP contribution in [-0.4, -0.2) is 63.2 Å². The highest BCUT2D eigenvalue weighted by atomic mass is 32.2. The van der Waals surface area contributed by atoms with Gasteiger partial charge in [-0.25, -0.2) is 18.4 Å². The van der Waals surface area contributed by atoms with Crippen LogP contribution in [0.5, 0.6) is 23.3 Å². The number of ether oxygens (including phenoxy) is 4. The van der Waals surface area contributed by atoms with E-state index in [-0.39, 0.29) is 35.1 Å². The van der Waals surface area contributed by atoms with Crippen LogP contribution in [0.25, 0.3) is 0 Å². The normalized spacial score (nSPS) is 17.8. The summed E-state index contributed by atoms with van der Waals surface area (Å²) < 4.78 is 49.2. The summed E-state index contributed by atoms with van der Waals surface area (Å²) >= 11 is 0. The average Bonchev–Trinajstić information content (AvgIpc) is 2.73. The van der Waals surface area contributed by atoms with Crippen molar-refractivity contribution in [2.75, 3.05) is 34.4 Å². The van der Waals surface area contributed by atoms with Gasteiger partial charge in [-0.3, -0.25) is 0 Å². The molecule has 0 saturated carbocycles. The third-order valence-electron chi connectivity index (χ3n) is 4.43. The molecule has 1 saturated heterocycles. The van der Waals surface area contributed by atoms with Crippen molar-refractivity contribution in [3.63, 3.8) is 0 Å². The van der Waals surface area contributed by atoms with E-state index in [0.29, 0.717) is 25.1 Å². The van der Waals surface area contributed by atoms with E-state index in [1.54, 1.807) is 12.1 Å². The SMILES string of the molecule is COc1ccc(S(=O)(=O)N2CCCC(Oc3nccnc3OC)C2)c(OC)c1. The fraction of sp³-hybridized carbons (Fsp3) is 0.444. The predicted octanol–water partition coefficient (Wildman–Crippen LogP) is 1.73. The smallest absolute Gasteiger partial charge is 0.278 e. The van der Waals surface area contributed by atoms with E-state index >= 15 is 0 Å². The molecule has 152 valence electrons. The Hall–Kier alpha value is -2.59. The first-order valence-corrected chi connectivity index (χ1v) is 10.2. The molecular formula is C18H23N3O6S. The van der Waals surface area contributed by atoms with E-state index in [1.807, 2.05) is 0 Å². The first-order valence-electron chi connectivity index (χ1n) is 8.73. The molecule has 0 spiro atoms. The van der Waals surface area contributed by atoms with E-state index in [2.05, 4.69) is 9.97 Å². The Labute approximate surface area is 164 Å². The zero-order valence-electron chi connectivity index (χ0n) is 16.0. The molecule has 1 fully saturated rings. The molecule has 28 heavy (non-hydrogen) atoms. The summed E-state index contributed by atoms with van der Waals surface area (Å²) in [4.78, 5) is 8.26. The number of nitrogens with zero attached hydrogens (tertiary/aromatic N) is 3. The largest absolute Gasteiger partial charge is 0.497 e. The maximum Gasteiger partial charge on any atom is 0.278 e. The molecule has 2 heterocycles. The number of hydrogen-bond donors (Lipinski definition) is 0. The van der Waals surface area contributed by atoms with E-state index in [4.69, 9.17) is 18.9 Å². The minimum absolute atomic E-state index is 0.0912. The molecule has 1 unspecified atom stereocenters. The summed E-state index contributed by atoms with van der Waals surface area (Å²) in [5.41, 5.74) is 0. The van der Waals surface area contributed by atoms with Gasteiger partial charge in [0.1, 0.15) is 22.5 Å². The molecule has 1 aliphatic heterocycles. The summed E-state index contributed by atoms with van der Waals surface area (Å²) in [5, 5.41) is 0. The summed E-state index contributed by atoms with van der Waals surface area (Å²) in [7, 11) is 0.649. The van der Waals surface area contributed by atoms with Gasteiger partial charge in [0.25, 0.3) is 11.8 Å². The zero-order valence-corrected chi connectivity index (χ0v) is 16.8. The Bertz CT molecular complexity index is 921. The van der Waals surface area contributed by atoms with Crippen molar-refractivity contribution in [2.24, 2.45) is 0 Å². The van der Waals surface area contributed by atoms with Gasteiger partial charge < -0.3 is 18.9 Å². The number of aromatic nitrogens is 2. The minimum Gasteiger partial charge on any atom is -0.497 e. The number of rotatable bonds is 7. The van der Waals surface area contributed by atoms with Crippen molar-refractivity contribution < 1.29 is 27.4 Å². The van der Waals surface area contributed by atoms with E-state index < -0.39 is 10.0 Å². The van der Waals surface area contributed by atoms with Gasteiger partial charge in [0.05, 0.1) is 27.9 Å². The van der Waals surface area contributed by atoms with Gasteiger partial charge in [-0.1, -0.05) is 0 Å². The molecule has 9 nitrogen and oxygen atoms in total. The minimum atomic E-state index is -3.77. The van der Waals surface area contributed by atoms with Crippen LogP contribution in [-0.2, 0) is 10.0 Å². The second kappa shape index (κ2) is 8.61. The van der Waals surface area contributed by atoms with Gasteiger partial charge >= 0.3 is 0 Å². The van der Waals surface area contributed by atoms with Crippen molar-refractivity contribution >= 4 is 10.0 Å². The summed E-state index contributed by atoms with van der Waals surface area (Å²) in [5.74, 6) is 1.26. The number of methoxy groups -OCH3 is 3. The maximum atomic E-state index is 13.2. The maximum absolute atomic E-state index is 13.2. The summed E-state index contributed by atoms with van der Waals surface area (Å²) in [6.45, 7) is 0.590. The van der Waals surface area contributed by atoms with Crippen LogP contribution in [0.4, 0.5) is 0 Å². The van der Waals surface area contributed by atoms with Crippen LogP contribution in [0, 0.1) is 0 Å². The fourth-order valence-electron chi connectivity index (χ4n) is 3.04. The number of sulfonamides is 1. The van der Waals surface area contributed by atoms with Crippen molar-refractivity contribution in [2.45, 2.75) is 23.8 Å². The lowest BCUT2D eigenvalue weighted by molar-refractivity contribution is 0.119. The third-order valence-corrected chi connectivity index (χ3v) is 6.34. The van der Waals surface area contributed by atoms with Crippen LogP contribution >= 0.6 is 0 Å². The molecule has 2 aromatic rings. The molecule has 1 aromatic carbocycles. The molecule has 1 aromatic heterocycles. The van der Waals surface area contributed by atoms with Crippen molar-refractivity contribution in [1.82, 2.24) is 14.3 Å². The van der Waals surface area contributed by atoms with Gasteiger partial charge in [0.2, 0.25) is 10.0 Å².